The minimum absolute atomic E-state index is 0.462. The molecule has 1 aromatic carbocycles. The average Bonchev–Trinajstić information content (AvgIpc) is 2.82. The Hall–Kier alpha value is -0.910. The van der Waals surface area contributed by atoms with Crippen molar-refractivity contribution in [3.8, 4) is 5.75 Å². The monoisotopic (exact) mass is 354 g/mol. The van der Waals surface area contributed by atoms with Gasteiger partial charge >= 0.3 is 0 Å². The molecule has 0 aliphatic rings. The second-order valence-corrected chi connectivity index (χ2v) is 6.85. The zero-order valence-corrected chi connectivity index (χ0v) is 14.3. The number of hydrogen-bond donors (Lipinski definition) is 1. The van der Waals surface area contributed by atoms with Gasteiger partial charge in [0.05, 0.1) is 10.7 Å². The first-order valence-corrected chi connectivity index (χ1v) is 8.27. The number of benzene rings is 1. The summed E-state index contributed by atoms with van der Waals surface area (Å²) >= 11 is 5.22. The third-order valence-corrected chi connectivity index (χ3v) is 4.37. The molecule has 0 aliphatic carbocycles. The Kier molecular flexibility index (Phi) is 5.57. The van der Waals surface area contributed by atoms with Crippen molar-refractivity contribution in [3.63, 3.8) is 0 Å². The maximum Gasteiger partial charge on any atom is 0.131 e. The molecule has 0 saturated heterocycles. The Morgan fingerprint density at radius 2 is 2.20 bits per heavy atom. The summed E-state index contributed by atoms with van der Waals surface area (Å²) in [5.41, 5.74) is 2.18. The molecule has 0 radical (unpaired) electrons. The van der Waals surface area contributed by atoms with E-state index in [1.807, 2.05) is 24.4 Å². The van der Waals surface area contributed by atoms with E-state index in [-0.39, 0.29) is 0 Å². The lowest BCUT2D eigenvalue weighted by Gasteiger charge is -2.12. The Morgan fingerprint density at radius 3 is 2.85 bits per heavy atom. The summed E-state index contributed by atoms with van der Waals surface area (Å²) in [6.45, 7) is 7.62. The van der Waals surface area contributed by atoms with Crippen molar-refractivity contribution < 1.29 is 4.74 Å². The van der Waals surface area contributed by atoms with Gasteiger partial charge in [0.1, 0.15) is 12.4 Å². The molecule has 3 nitrogen and oxygen atoms in total. The van der Waals surface area contributed by atoms with Crippen LogP contribution < -0.4 is 10.1 Å². The molecule has 2 aromatic rings. The van der Waals surface area contributed by atoms with Gasteiger partial charge in [-0.2, -0.15) is 0 Å². The van der Waals surface area contributed by atoms with E-state index in [2.05, 4.69) is 46.1 Å². The van der Waals surface area contributed by atoms with Gasteiger partial charge in [-0.25, -0.2) is 4.98 Å². The van der Waals surface area contributed by atoms with Crippen molar-refractivity contribution in [2.75, 3.05) is 0 Å². The summed E-state index contributed by atoms with van der Waals surface area (Å²) in [7, 11) is 0. The molecule has 0 bridgehead atoms. The highest BCUT2D eigenvalue weighted by Gasteiger charge is 2.05. The van der Waals surface area contributed by atoms with Gasteiger partial charge in [-0.3, -0.25) is 0 Å². The summed E-state index contributed by atoms with van der Waals surface area (Å²) in [4.78, 5) is 4.40. The predicted molar refractivity (Wildman–Crippen MR) is 87.3 cm³/mol. The molecule has 0 fully saturated rings. The maximum absolute atomic E-state index is 5.80. The minimum Gasteiger partial charge on any atom is -0.487 e. The van der Waals surface area contributed by atoms with Crippen LogP contribution in [0, 0.1) is 6.92 Å². The van der Waals surface area contributed by atoms with Crippen molar-refractivity contribution in [2.45, 2.75) is 40.0 Å². The number of nitrogens with one attached hydrogen (secondary N) is 1. The molecular weight excluding hydrogens is 336 g/mol. The first-order chi connectivity index (χ1) is 9.54. The summed E-state index contributed by atoms with van der Waals surface area (Å²) in [6, 6.07) is 6.53. The molecule has 20 heavy (non-hydrogen) atoms. The van der Waals surface area contributed by atoms with Crippen molar-refractivity contribution in [1.82, 2.24) is 10.3 Å². The second-order valence-electron chi connectivity index (χ2n) is 4.94. The van der Waals surface area contributed by atoms with Crippen LogP contribution in [0.15, 0.2) is 28.1 Å². The molecule has 0 amide bonds. The van der Waals surface area contributed by atoms with E-state index in [9.17, 15) is 0 Å². The molecule has 0 aliphatic heterocycles. The molecule has 2 rings (SSSR count). The van der Waals surface area contributed by atoms with E-state index in [0.29, 0.717) is 12.6 Å². The van der Waals surface area contributed by atoms with Crippen LogP contribution in [0.2, 0.25) is 0 Å². The highest BCUT2D eigenvalue weighted by atomic mass is 79.9. The molecule has 1 aromatic heterocycles. The molecule has 0 atom stereocenters. The average molecular weight is 355 g/mol. The summed E-state index contributed by atoms with van der Waals surface area (Å²) in [5, 5.41) is 6.52. The lowest BCUT2D eigenvalue weighted by Crippen LogP contribution is -2.22. The van der Waals surface area contributed by atoms with Crippen LogP contribution in [-0.2, 0) is 13.2 Å². The standard InChI is InChI=1S/C15H19BrN2OS/c1-10(2)17-7-12-6-14(4-5-15(12)16)19-8-13-9-20-11(3)18-13/h4-6,9-10,17H,7-8H2,1-3H3. The highest BCUT2D eigenvalue weighted by Crippen LogP contribution is 2.23. The molecular formula is C15H19BrN2OS. The van der Waals surface area contributed by atoms with Crippen molar-refractivity contribution in [1.29, 1.82) is 0 Å². The van der Waals surface area contributed by atoms with Gasteiger partial charge in [0, 0.05) is 22.4 Å². The minimum atomic E-state index is 0.462. The van der Waals surface area contributed by atoms with Gasteiger partial charge in [0.25, 0.3) is 0 Å². The van der Waals surface area contributed by atoms with Gasteiger partial charge in [-0.15, -0.1) is 11.3 Å². The number of nitrogens with zero attached hydrogens (tertiary/aromatic N) is 1. The zero-order valence-electron chi connectivity index (χ0n) is 11.9. The second kappa shape index (κ2) is 7.20. The third kappa shape index (κ3) is 4.58. The van der Waals surface area contributed by atoms with E-state index in [1.54, 1.807) is 11.3 Å². The summed E-state index contributed by atoms with van der Waals surface area (Å²) in [5.74, 6) is 0.874. The molecule has 108 valence electrons. The van der Waals surface area contributed by atoms with Crippen LogP contribution in [0.4, 0.5) is 0 Å². The van der Waals surface area contributed by atoms with Gasteiger partial charge < -0.3 is 10.1 Å². The molecule has 1 heterocycles. The van der Waals surface area contributed by atoms with Crippen LogP contribution in [0.25, 0.3) is 0 Å². The zero-order chi connectivity index (χ0) is 14.5. The molecule has 0 saturated carbocycles. The van der Waals surface area contributed by atoms with Gasteiger partial charge in [-0.05, 0) is 30.7 Å². The topological polar surface area (TPSA) is 34.1 Å². The fourth-order valence-electron chi connectivity index (χ4n) is 1.72. The Bertz CT molecular complexity index is 569. The van der Waals surface area contributed by atoms with E-state index in [1.165, 1.54) is 5.56 Å². The summed E-state index contributed by atoms with van der Waals surface area (Å²) in [6.07, 6.45) is 0. The van der Waals surface area contributed by atoms with E-state index >= 15 is 0 Å². The van der Waals surface area contributed by atoms with Crippen LogP contribution in [0.1, 0.15) is 30.1 Å². The van der Waals surface area contributed by atoms with E-state index in [0.717, 1.165) is 27.5 Å². The number of halogens is 1. The van der Waals surface area contributed by atoms with Crippen LogP contribution >= 0.6 is 27.3 Å². The van der Waals surface area contributed by atoms with Crippen LogP contribution in [0.3, 0.4) is 0 Å². The molecule has 0 spiro atoms. The number of hydrogen-bond acceptors (Lipinski definition) is 4. The molecule has 5 heteroatoms. The number of thiazole rings is 1. The quantitative estimate of drug-likeness (QED) is 0.839. The number of ether oxygens (including phenoxy) is 1. The van der Waals surface area contributed by atoms with Crippen molar-refractivity contribution in [3.05, 3.63) is 44.3 Å². The predicted octanol–water partition coefficient (Wildman–Crippen LogP) is 4.29. The van der Waals surface area contributed by atoms with Crippen LogP contribution in [-0.4, -0.2) is 11.0 Å². The maximum atomic E-state index is 5.80. The van der Waals surface area contributed by atoms with Gasteiger partial charge in [0.2, 0.25) is 0 Å². The Labute approximate surface area is 132 Å². The van der Waals surface area contributed by atoms with E-state index in [4.69, 9.17) is 4.74 Å². The number of aryl methyl sites for hydroxylation is 1. The fraction of sp³-hybridized carbons (Fsp3) is 0.400. The molecule has 0 unspecified atom stereocenters. The lowest BCUT2D eigenvalue weighted by atomic mass is 10.2. The number of rotatable bonds is 6. The lowest BCUT2D eigenvalue weighted by molar-refractivity contribution is 0.301. The SMILES string of the molecule is Cc1nc(COc2ccc(Br)c(CNC(C)C)c2)cs1. The largest absolute Gasteiger partial charge is 0.487 e. The normalized spacial score (nSPS) is 11.1. The smallest absolute Gasteiger partial charge is 0.131 e. The molecule has 1 N–H and O–H groups in total. The fourth-order valence-corrected chi connectivity index (χ4v) is 2.71. The Morgan fingerprint density at radius 1 is 1.40 bits per heavy atom. The van der Waals surface area contributed by atoms with Crippen LogP contribution in [0.5, 0.6) is 5.75 Å². The van der Waals surface area contributed by atoms with Gasteiger partial charge in [-0.1, -0.05) is 29.8 Å². The first-order valence-electron chi connectivity index (χ1n) is 6.60. The summed E-state index contributed by atoms with van der Waals surface area (Å²) < 4.78 is 6.90. The van der Waals surface area contributed by atoms with Crippen molar-refractivity contribution >= 4 is 27.3 Å². The first kappa shape index (κ1) is 15.5. The third-order valence-electron chi connectivity index (χ3n) is 2.77. The van der Waals surface area contributed by atoms with Gasteiger partial charge in [0.15, 0.2) is 0 Å². The number of aromatic nitrogens is 1. The highest BCUT2D eigenvalue weighted by molar-refractivity contribution is 9.10. The van der Waals surface area contributed by atoms with E-state index < -0.39 is 0 Å². The Balaban J connectivity index is 1.99. The van der Waals surface area contributed by atoms with Crippen molar-refractivity contribution in [2.24, 2.45) is 0 Å².